The van der Waals surface area contributed by atoms with Crippen molar-refractivity contribution in [3.8, 4) is 0 Å². The fourth-order valence-electron chi connectivity index (χ4n) is 2.46. The molecule has 0 spiro atoms. The molecule has 0 radical (unpaired) electrons. The van der Waals surface area contributed by atoms with E-state index in [9.17, 15) is 14.4 Å². The molecule has 26 heavy (non-hydrogen) atoms. The zero-order valence-corrected chi connectivity index (χ0v) is 15.4. The lowest BCUT2D eigenvalue weighted by atomic mass is 9.98. The molecule has 1 aromatic heterocycles. The minimum absolute atomic E-state index is 0.0424. The molecule has 7 heteroatoms. The van der Waals surface area contributed by atoms with Gasteiger partial charge in [0.1, 0.15) is 0 Å². The molecule has 0 saturated heterocycles. The second kappa shape index (κ2) is 8.19. The number of aliphatic carboxylic acids is 1. The third-order valence-electron chi connectivity index (χ3n) is 3.96. The highest BCUT2D eigenvalue weighted by Gasteiger charge is 2.22. The van der Waals surface area contributed by atoms with Gasteiger partial charge in [0.05, 0.1) is 12.1 Å². The Morgan fingerprint density at radius 3 is 2.54 bits per heavy atom. The molecular weight excluding hydrogens is 356 g/mol. The van der Waals surface area contributed by atoms with Gasteiger partial charge < -0.3 is 15.0 Å². The van der Waals surface area contributed by atoms with Crippen LogP contribution < -0.4 is 10.9 Å². The number of carboxylic acids is 1. The van der Waals surface area contributed by atoms with Crippen LogP contribution >= 0.6 is 11.6 Å². The van der Waals surface area contributed by atoms with Gasteiger partial charge in [-0.1, -0.05) is 29.8 Å². The molecule has 0 atom stereocenters. The molecule has 138 valence electrons. The Kier molecular flexibility index (Phi) is 6.21. The number of amides is 1. The number of pyridine rings is 1. The number of benzene rings is 1. The first kappa shape index (κ1) is 19.7. The van der Waals surface area contributed by atoms with E-state index >= 15 is 0 Å². The summed E-state index contributed by atoms with van der Waals surface area (Å²) in [6, 6.07) is 9.97. The molecule has 6 nitrogen and oxygen atoms in total. The second-order valence-electron chi connectivity index (χ2n) is 6.71. The Morgan fingerprint density at radius 1 is 1.19 bits per heavy atom. The quantitative estimate of drug-likeness (QED) is 0.777. The van der Waals surface area contributed by atoms with Crippen LogP contribution in [-0.4, -0.2) is 27.1 Å². The lowest BCUT2D eigenvalue weighted by Crippen LogP contribution is -2.44. The summed E-state index contributed by atoms with van der Waals surface area (Å²) >= 11 is 6.13. The van der Waals surface area contributed by atoms with Gasteiger partial charge in [-0.2, -0.15) is 0 Å². The van der Waals surface area contributed by atoms with Crippen LogP contribution in [0.1, 0.15) is 42.6 Å². The van der Waals surface area contributed by atoms with Crippen molar-refractivity contribution in [3.05, 3.63) is 69.1 Å². The van der Waals surface area contributed by atoms with Gasteiger partial charge >= 0.3 is 5.97 Å². The van der Waals surface area contributed by atoms with Crippen LogP contribution in [0.4, 0.5) is 0 Å². The van der Waals surface area contributed by atoms with Gasteiger partial charge in [0, 0.05) is 29.2 Å². The Morgan fingerprint density at radius 2 is 1.88 bits per heavy atom. The van der Waals surface area contributed by atoms with Gasteiger partial charge in [-0.15, -0.1) is 0 Å². The van der Waals surface area contributed by atoms with Crippen LogP contribution in [0.25, 0.3) is 0 Å². The topological polar surface area (TPSA) is 88.4 Å². The molecule has 2 aromatic rings. The lowest BCUT2D eigenvalue weighted by molar-refractivity contribution is -0.137. The average Bonchev–Trinajstić information content (AvgIpc) is 2.56. The predicted octanol–water partition coefficient (Wildman–Crippen LogP) is 2.92. The monoisotopic (exact) mass is 376 g/mol. The smallest absolute Gasteiger partial charge is 0.303 e. The van der Waals surface area contributed by atoms with E-state index in [0.717, 1.165) is 5.56 Å². The zero-order chi connectivity index (χ0) is 19.3. The van der Waals surface area contributed by atoms with Crippen LogP contribution in [0.3, 0.4) is 0 Å². The van der Waals surface area contributed by atoms with Crippen molar-refractivity contribution < 1.29 is 14.7 Å². The van der Waals surface area contributed by atoms with E-state index in [1.54, 1.807) is 26.0 Å². The maximum absolute atomic E-state index is 12.5. The summed E-state index contributed by atoms with van der Waals surface area (Å²) in [4.78, 5) is 35.3. The van der Waals surface area contributed by atoms with Crippen molar-refractivity contribution in [2.24, 2.45) is 0 Å². The molecule has 0 unspecified atom stereocenters. The average molecular weight is 377 g/mol. The standard InChI is InChI=1S/C19H21ClN2O4/c1-19(2,10-9-17(24)25)21-18(26)14-7-8-16(23)22(12-14)11-13-5-3-4-6-15(13)20/h3-8,12H,9-11H2,1-2H3,(H,21,26)(H,24,25). The van der Waals surface area contributed by atoms with Gasteiger partial charge in [0.2, 0.25) is 0 Å². The number of rotatable bonds is 7. The van der Waals surface area contributed by atoms with Crippen LogP contribution in [0, 0.1) is 0 Å². The first-order valence-electron chi connectivity index (χ1n) is 8.16. The van der Waals surface area contributed by atoms with Crippen LogP contribution in [0.2, 0.25) is 5.02 Å². The van der Waals surface area contributed by atoms with Crippen molar-refractivity contribution in [1.82, 2.24) is 9.88 Å². The number of aromatic nitrogens is 1. The second-order valence-corrected chi connectivity index (χ2v) is 7.11. The molecule has 1 amide bonds. The highest BCUT2D eigenvalue weighted by Crippen LogP contribution is 2.16. The minimum Gasteiger partial charge on any atom is -0.481 e. The minimum atomic E-state index is -0.916. The third kappa shape index (κ3) is 5.46. The molecule has 2 rings (SSSR count). The maximum atomic E-state index is 12.5. The number of nitrogens with zero attached hydrogens (tertiary/aromatic N) is 1. The zero-order valence-electron chi connectivity index (χ0n) is 14.7. The summed E-state index contributed by atoms with van der Waals surface area (Å²) < 4.78 is 1.42. The summed E-state index contributed by atoms with van der Waals surface area (Å²) in [6.45, 7) is 3.77. The molecule has 0 fully saturated rings. The van der Waals surface area contributed by atoms with Gasteiger partial charge in [-0.3, -0.25) is 14.4 Å². The highest BCUT2D eigenvalue weighted by molar-refractivity contribution is 6.31. The molecule has 0 aliphatic rings. The highest BCUT2D eigenvalue weighted by atomic mass is 35.5. The van der Waals surface area contributed by atoms with E-state index in [1.165, 1.54) is 22.9 Å². The Balaban J connectivity index is 2.18. The molecule has 1 aromatic carbocycles. The third-order valence-corrected chi connectivity index (χ3v) is 4.33. The Bertz CT molecular complexity index is 874. The Hall–Kier alpha value is -2.60. The summed E-state index contributed by atoms with van der Waals surface area (Å²) in [7, 11) is 0. The number of carboxylic acid groups (broad SMARTS) is 1. The summed E-state index contributed by atoms with van der Waals surface area (Å²) in [5.74, 6) is -1.28. The molecule has 0 saturated carbocycles. The van der Waals surface area contributed by atoms with Crippen LogP contribution in [0.15, 0.2) is 47.4 Å². The number of hydrogen-bond donors (Lipinski definition) is 2. The van der Waals surface area contributed by atoms with Crippen molar-refractivity contribution in [2.75, 3.05) is 0 Å². The van der Waals surface area contributed by atoms with Gasteiger partial charge in [0.25, 0.3) is 11.5 Å². The Labute approximate surface area is 156 Å². The first-order valence-corrected chi connectivity index (χ1v) is 8.54. The van der Waals surface area contributed by atoms with E-state index in [2.05, 4.69) is 5.32 Å². The van der Waals surface area contributed by atoms with Crippen LogP contribution in [0.5, 0.6) is 0 Å². The number of carbonyl (C=O) groups excluding carboxylic acids is 1. The molecule has 1 heterocycles. The van der Waals surface area contributed by atoms with E-state index < -0.39 is 11.5 Å². The van der Waals surface area contributed by atoms with Crippen molar-refractivity contribution in [3.63, 3.8) is 0 Å². The van der Waals surface area contributed by atoms with Crippen molar-refractivity contribution in [2.45, 2.75) is 38.8 Å². The van der Waals surface area contributed by atoms with E-state index in [1.807, 2.05) is 12.1 Å². The fraction of sp³-hybridized carbons (Fsp3) is 0.316. The summed E-state index contributed by atoms with van der Waals surface area (Å²) in [5.41, 5.74) is 0.168. The largest absolute Gasteiger partial charge is 0.481 e. The molecular formula is C19H21ClN2O4. The van der Waals surface area contributed by atoms with E-state index in [0.29, 0.717) is 17.0 Å². The predicted molar refractivity (Wildman–Crippen MR) is 99.7 cm³/mol. The SMILES string of the molecule is CC(C)(CCC(=O)O)NC(=O)c1ccc(=O)n(Cc2ccccc2Cl)c1. The fourth-order valence-corrected chi connectivity index (χ4v) is 2.66. The molecule has 2 N–H and O–H groups in total. The van der Waals surface area contributed by atoms with Crippen molar-refractivity contribution in [1.29, 1.82) is 0 Å². The van der Waals surface area contributed by atoms with Crippen molar-refractivity contribution >= 4 is 23.5 Å². The van der Waals surface area contributed by atoms with Gasteiger partial charge in [-0.25, -0.2) is 0 Å². The maximum Gasteiger partial charge on any atom is 0.303 e. The normalized spacial score (nSPS) is 11.2. The van der Waals surface area contributed by atoms with E-state index in [-0.39, 0.29) is 24.4 Å². The number of hydrogen-bond acceptors (Lipinski definition) is 3. The lowest BCUT2D eigenvalue weighted by Gasteiger charge is -2.25. The molecule has 0 bridgehead atoms. The summed E-state index contributed by atoms with van der Waals surface area (Å²) in [6.07, 6.45) is 1.74. The van der Waals surface area contributed by atoms with Crippen LogP contribution in [-0.2, 0) is 11.3 Å². The number of carbonyl (C=O) groups is 2. The van der Waals surface area contributed by atoms with E-state index in [4.69, 9.17) is 16.7 Å². The molecule has 0 aliphatic heterocycles. The first-order chi connectivity index (χ1) is 12.2. The summed E-state index contributed by atoms with van der Waals surface area (Å²) in [5, 5.41) is 12.1. The van der Waals surface area contributed by atoms with Gasteiger partial charge in [-0.05, 0) is 38.0 Å². The number of halogens is 1. The number of nitrogens with one attached hydrogen (secondary N) is 1. The van der Waals surface area contributed by atoms with Gasteiger partial charge in [0.15, 0.2) is 0 Å². The molecule has 0 aliphatic carbocycles.